The van der Waals surface area contributed by atoms with Crippen LogP contribution in [0.3, 0.4) is 0 Å². The Hall–Kier alpha value is -1.10. The predicted molar refractivity (Wildman–Crippen MR) is 92.4 cm³/mol. The topological polar surface area (TPSA) is 50.4 Å². The van der Waals surface area contributed by atoms with Crippen LogP contribution in [0.25, 0.3) is 0 Å². The maximum absolute atomic E-state index is 12.3. The molecule has 1 saturated heterocycles. The average Bonchev–Trinajstić information content (AvgIpc) is 2.45. The molecule has 0 saturated carbocycles. The van der Waals surface area contributed by atoms with Gasteiger partial charge in [0.05, 0.1) is 12.7 Å². The Morgan fingerprint density at radius 1 is 1.45 bits per heavy atom. The molecular formula is C17H27ClN2O2. The summed E-state index contributed by atoms with van der Waals surface area (Å²) < 4.78 is 5.60. The maximum Gasteiger partial charge on any atom is 0.227 e. The van der Waals surface area contributed by atoms with Gasteiger partial charge in [-0.3, -0.25) is 4.79 Å². The van der Waals surface area contributed by atoms with E-state index in [2.05, 4.69) is 17.6 Å². The number of piperidine rings is 1. The zero-order chi connectivity index (χ0) is 15.2. The largest absolute Gasteiger partial charge is 0.374 e. The van der Waals surface area contributed by atoms with Gasteiger partial charge in [0.25, 0.3) is 0 Å². The van der Waals surface area contributed by atoms with Crippen molar-refractivity contribution in [1.82, 2.24) is 5.32 Å². The van der Waals surface area contributed by atoms with E-state index in [0.29, 0.717) is 12.6 Å². The molecule has 1 aliphatic rings. The summed E-state index contributed by atoms with van der Waals surface area (Å²) >= 11 is 0. The standard InChI is InChI=1S/C17H26N2O2.ClH/c1-12(2)21-11-14-5-4-6-16(10-14)19-17(20)15-7-8-18-13(3)9-15;/h4-6,10,12-13,15,18H,7-9,11H2,1-3H3,(H,19,20);1H/t13-,15-;/m0./s1. The number of carbonyl (C=O) groups is 1. The molecule has 1 aliphatic heterocycles. The van der Waals surface area contributed by atoms with Crippen molar-refractivity contribution in [2.75, 3.05) is 11.9 Å². The third-order valence-electron chi connectivity index (χ3n) is 3.77. The molecule has 0 spiro atoms. The van der Waals surface area contributed by atoms with E-state index >= 15 is 0 Å². The van der Waals surface area contributed by atoms with Crippen LogP contribution >= 0.6 is 12.4 Å². The molecule has 2 atom stereocenters. The summed E-state index contributed by atoms with van der Waals surface area (Å²) in [5, 5.41) is 6.41. The molecule has 0 aromatic heterocycles. The molecule has 124 valence electrons. The van der Waals surface area contributed by atoms with E-state index in [1.807, 2.05) is 38.1 Å². The van der Waals surface area contributed by atoms with Gasteiger partial charge in [-0.25, -0.2) is 0 Å². The van der Waals surface area contributed by atoms with E-state index < -0.39 is 0 Å². The first-order valence-electron chi connectivity index (χ1n) is 7.79. The second kappa shape index (κ2) is 9.13. The van der Waals surface area contributed by atoms with Gasteiger partial charge >= 0.3 is 0 Å². The maximum atomic E-state index is 12.3. The number of benzene rings is 1. The number of carbonyl (C=O) groups excluding carboxylic acids is 1. The number of halogens is 1. The normalized spacial score (nSPS) is 21.3. The average molecular weight is 327 g/mol. The van der Waals surface area contributed by atoms with Gasteiger partial charge in [0.2, 0.25) is 5.91 Å². The molecule has 1 aromatic carbocycles. The highest BCUT2D eigenvalue weighted by molar-refractivity contribution is 5.92. The number of hydrogen-bond donors (Lipinski definition) is 2. The highest BCUT2D eigenvalue weighted by atomic mass is 35.5. The second-order valence-electron chi connectivity index (χ2n) is 6.13. The second-order valence-corrected chi connectivity index (χ2v) is 6.13. The fourth-order valence-electron chi connectivity index (χ4n) is 2.62. The van der Waals surface area contributed by atoms with Crippen molar-refractivity contribution in [3.05, 3.63) is 29.8 Å². The molecule has 1 aromatic rings. The van der Waals surface area contributed by atoms with Gasteiger partial charge in [0.15, 0.2) is 0 Å². The summed E-state index contributed by atoms with van der Waals surface area (Å²) in [4.78, 5) is 12.3. The molecule has 1 amide bonds. The molecule has 0 bridgehead atoms. The van der Waals surface area contributed by atoms with Crippen molar-refractivity contribution in [2.45, 2.75) is 52.4 Å². The minimum Gasteiger partial charge on any atom is -0.374 e. The lowest BCUT2D eigenvalue weighted by atomic mass is 9.92. The number of nitrogens with one attached hydrogen (secondary N) is 2. The Morgan fingerprint density at radius 2 is 2.23 bits per heavy atom. The van der Waals surface area contributed by atoms with E-state index in [1.165, 1.54) is 0 Å². The van der Waals surface area contributed by atoms with Gasteiger partial charge in [-0.05, 0) is 57.9 Å². The fraction of sp³-hybridized carbons (Fsp3) is 0.588. The molecule has 1 heterocycles. The quantitative estimate of drug-likeness (QED) is 0.872. The smallest absolute Gasteiger partial charge is 0.227 e. The van der Waals surface area contributed by atoms with Crippen molar-refractivity contribution in [3.63, 3.8) is 0 Å². The molecule has 0 unspecified atom stereocenters. The van der Waals surface area contributed by atoms with Crippen molar-refractivity contribution in [3.8, 4) is 0 Å². The van der Waals surface area contributed by atoms with Gasteiger partial charge in [-0.1, -0.05) is 12.1 Å². The monoisotopic (exact) mass is 326 g/mol. The summed E-state index contributed by atoms with van der Waals surface area (Å²) in [6.07, 6.45) is 2.02. The van der Waals surface area contributed by atoms with Crippen LogP contribution < -0.4 is 10.6 Å². The van der Waals surface area contributed by atoms with Gasteiger partial charge in [0.1, 0.15) is 0 Å². The Labute approximate surface area is 139 Å². The predicted octanol–water partition coefficient (Wildman–Crippen LogP) is 3.36. The minimum absolute atomic E-state index is 0. The fourth-order valence-corrected chi connectivity index (χ4v) is 2.62. The summed E-state index contributed by atoms with van der Waals surface area (Å²) in [5.74, 6) is 0.238. The Kier molecular flexibility index (Phi) is 7.87. The van der Waals surface area contributed by atoms with Gasteiger partial charge in [-0.2, -0.15) is 0 Å². The number of amides is 1. The highest BCUT2D eigenvalue weighted by Crippen LogP contribution is 2.19. The molecule has 4 nitrogen and oxygen atoms in total. The first-order chi connectivity index (χ1) is 10.0. The molecular weight excluding hydrogens is 300 g/mol. The number of anilines is 1. The van der Waals surface area contributed by atoms with Crippen LogP contribution in [0.4, 0.5) is 5.69 Å². The van der Waals surface area contributed by atoms with E-state index in [9.17, 15) is 4.79 Å². The molecule has 1 fully saturated rings. The van der Waals surface area contributed by atoms with Crippen molar-refractivity contribution in [2.24, 2.45) is 5.92 Å². The van der Waals surface area contributed by atoms with E-state index in [1.54, 1.807) is 0 Å². The SMILES string of the molecule is CC(C)OCc1cccc(NC(=O)[C@H]2CCN[C@@H](C)C2)c1.Cl. The van der Waals surface area contributed by atoms with Gasteiger partial charge in [0, 0.05) is 17.6 Å². The van der Waals surface area contributed by atoms with Crippen molar-refractivity contribution >= 4 is 24.0 Å². The molecule has 0 aliphatic carbocycles. The van der Waals surface area contributed by atoms with Crippen LogP contribution in [-0.2, 0) is 16.1 Å². The number of ether oxygens (including phenoxy) is 1. The molecule has 2 N–H and O–H groups in total. The Balaban J connectivity index is 0.00000242. The van der Waals surface area contributed by atoms with Gasteiger partial charge in [-0.15, -0.1) is 12.4 Å². The van der Waals surface area contributed by atoms with Gasteiger partial charge < -0.3 is 15.4 Å². The zero-order valence-electron chi connectivity index (χ0n) is 13.6. The first kappa shape index (κ1) is 18.9. The van der Waals surface area contributed by atoms with E-state index in [-0.39, 0.29) is 30.3 Å². The third kappa shape index (κ3) is 5.95. The van der Waals surface area contributed by atoms with Crippen LogP contribution in [0, 0.1) is 5.92 Å². The summed E-state index contributed by atoms with van der Waals surface area (Å²) in [5.41, 5.74) is 1.94. The summed E-state index contributed by atoms with van der Waals surface area (Å²) in [6, 6.07) is 8.32. The van der Waals surface area contributed by atoms with Crippen LogP contribution in [0.5, 0.6) is 0 Å². The molecule has 0 radical (unpaired) electrons. The summed E-state index contributed by atoms with van der Waals surface area (Å²) in [6.45, 7) is 7.66. The Bertz CT molecular complexity index is 479. The molecule has 5 heteroatoms. The minimum atomic E-state index is 0. The van der Waals surface area contributed by atoms with Crippen LogP contribution in [-0.4, -0.2) is 24.6 Å². The van der Waals surface area contributed by atoms with Crippen LogP contribution in [0.2, 0.25) is 0 Å². The van der Waals surface area contributed by atoms with Crippen molar-refractivity contribution < 1.29 is 9.53 Å². The summed E-state index contributed by atoms with van der Waals surface area (Å²) in [7, 11) is 0. The lowest BCUT2D eigenvalue weighted by Crippen LogP contribution is -2.40. The number of hydrogen-bond acceptors (Lipinski definition) is 3. The molecule has 22 heavy (non-hydrogen) atoms. The highest BCUT2D eigenvalue weighted by Gasteiger charge is 2.24. The number of rotatable bonds is 5. The lowest BCUT2D eigenvalue weighted by molar-refractivity contribution is -0.120. The first-order valence-corrected chi connectivity index (χ1v) is 7.79. The van der Waals surface area contributed by atoms with E-state index in [4.69, 9.17) is 4.74 Å². The van der Waals surface area contributed by atoms with E-state index in [0.717, 1.165) is 30.6 Å². The lowest BCUT2D eigenvalue weighted by Gasteiger charge is -2.27. The molecule has 2 rings (SSSR count). The van der Waals surface area contributed by atoms with Crippen LogP contribution in [0.15, 0.2) is 24.3 Å². The third-order valence-corrected chi connectivity index (χ3v) is 3.77. The van der Waals surface area contributed by atoms with Crippen LogP contribution in [0.1, 0.15) is 39.2 Å². The Morgan fingerprint density at radius 3 is 2.91 bits per heavy atom. The van der Waals surface area contributed by atoms with Crippen molar-refractivity contribution in [1.29, 1.82) is 0 Å². The zero-order valence-corrected chi connectivity index (χ0v) is 14.4.